The van der Waals surface area contributed by atoms with E-state index >= 15 is 0 Å². The summed E-state index contributed by atoms with van der Waals surface area (Å²) in [5, 5.41) is 0.482. The molecule has 19 heavy (non-hydrogen) atoms. The molecule has 1 aromatic rings. The van der Waals surface area contributed by atoms with Gasteiger partial charge in [0, 0.05) is 12.0 Å². The van der Waals surface area contributed by atoms with Crippen molar-refractivity contribution in [2.24, 2.45) is 0 Å². The summed E-state index contributed by atoms with van der Waals surface area (Å²) in [6.45, 7) is 2.20. The van der Waals surface area contributed by atoms with Gasteiger partial charge in [0.1, 0.15) is 5.75 Å². The Balaban J connectivity index is 2.37. The van der Waals surface area contributed by atoms with E-state index in [1.165, 1.54) is 25.7 Å². The average Bonchev–Trinajstić information content (AvgIpc) is 2.42. The summed E-state index contributed by atoms with van der Waals surface area (Å²) in [6.07, 6.45) is 7.69. The van der Waals surface area contributed by atoms with Crippen LogP contribution in [0.2, 0.25) is 5.02 Å². The van der Waals surface area contributed by atoms with Gasteiger partial charge < -0.3 is 4.74 Å². The van der Waals surface area contributed by atoms with Gasteiger partial charge in [0.25, 0.3) is 0 Å². The minimum absolute atomic E-state index is 0.128. The van der Waals surface area contributed by atoms with Gasteiger partial charge in [-0.05, 0) is 24.6 Å². The first-order valence-corrected chi connectivity index (χ1v) is 7.43. The monoisotopic (exact) mass is 282 g/mol. The molecule has 0 spiro atoms. The van der Waals surface area contributed by atoms with Gasteiger partial charge in [-0.15, -0.1) is 0 Å². The highest BCUT2D eigenvalue weighted by Gasteiger charge is 2.10. The fourth-order valence-electron chi connectivity index (χ4n) is 2.05. The number of unbranched alkanes of at least 4 members (excludes halogenated alkanes) is 5. The number of methoxy groups -OCH3 is 1. The molecule has 0 bridgehead atoms. The summed E-state index contributed by atoms with van der Waals surface area (Å²) < 4.78 is 5.07. The normalized spacial score (nSPS) is 10.5. The Hall–Kier alpha value is -1.02. The van der Waals surface area contributed by atoms with E-state index in [1.54, 1.807) is 25.3 Å². The maximum Gasteiger partial charge on any atom is 0.164 e. The Labute approximate surface area is 121 Å². The Kier molecular flexibility index (Phi) is 7.57. The van der Waals surface area contributed by atoms with Crippen LogP contribution in [-0.4, -0.2) is 12.9 Å². The summed E-state index contributed by atoms with van der Waals surface area (Å²) in [7, 11) is 1.59. The number of Topliss-reactive ketones (excluding diaryl/α,β-unsaturated/α-hetero) is 1. The van der Waals surface area contributed by atoms with E-state index in [9.17, 15) is 4.79 Å². The second-order valence-electron chi connectivity index (χ2n) is 4.79. The molecule has 0 aliphatic rings. The third kappa shape index (κ3) is 5.65. The van der Waals surface area contributed by atoms with Crippen LogP contribution in [0, 0.1) is 0 Å². The van der Waals surface area contributed by atoms with E-state index in [4.69, 9.17) is 16.3 Å². The SMILES string of the molecule is CCCCCCCCC(=O)c1ccc(OC)cc1Cl. The summed E-state index contributed by atoms with van der Waals surface area (Å²) in [5.41, 5.74) is 0.607. The van der Waals surface area contributed by atoms with Crippen LogP contribution in [-0.2, 0) is 0 Å². The first-order chi connectivity index (χ1) is 9.19. The van der Waals surface area contributed by atoms with Gasteiger partial charge >= 0.3 is 0 Å². The maximum absolute atomic E-state index is 12.0. The van der Waals surface area contributed by atoms with Gasteiger partial charge in [0.15, 0.2) is 5.78 Å². The third-order valence-corrected chi connectivity index (χ3v) is 3.55. The van der Waals surface area contributed by atoms with Crippen LogP contribution < -0.4 is 4.74 Å². The smallest absolute Gasteiger partial charge is 0.164 e. The molecule has 0 aliphatic carbocycles. The van der Waals surface area contributed by atoms with Gasteiger partial charge in [0.05, 0.1) is 12.1 Å². The van der Waals surface area contributed by atoms with Crippen LogP contribution >= 0.6 is 11.6 Å². The number of ketones is 1. The van der Waals surface area contributed by atoms with E-state index in [0.29, 0.717) is 22.8 Å². The number of hydrogen-bond donors (Lipinski definition) is 0. The minimum Gasteiger partial charge on any atom is -0.497 e. The Morgan fingerprint density at radius 2 is 1.84 bits per heavy atom. The first-order valence-electron chi connectivity index (χ1n) is 7.05. The molecule has 1 aromatic carbocycles. The van der Waals surface area contributed by atoms with Crippen LogP contribution in [0.15, 0.2) is 18.2 Å². The molecule has 0 amide bonds. The quantitative estimate of drug-likeness (QED) is 0.455. The molecule has 0 aromatic heterocycles. The van der Waals surface area contributed by atoms with Crippen molar-refractivity contribution >= 4 is 17.4 Å². The van der Waals surface area contributed by atoms with Crippen LogP contribution in [0.25, 0.3) is 0 Å². The predicted molar refractivity (Wildman–Crippen MR) is 80.3 cm³/mol. The molecule has 2 nitrogen and oxygen atoms in total. The molecule has 3 heteroatoms. The van der Waals surface area contributed by atoms with Crippen molar-refractivity contribution in [2.45, 2.75) is 51.9 Å². The summed E-state index contributed by atoms with van der Waals surface area (Å²) >= 11 is 6.08. The minimum atomic E-state index is 0.128. The van der Waals surface area contributed by atoms with Crippen LogP contribution in [0.5, 0.6) is 5.75 Å². The zero-order chi connectivity index (χ0) is 14.1. The average molecular weight is 283 g/mol. The second-order valence-corrected chi connectivity index (χ2v) is 5.19. The predicted octanol–water partition coefficient (Wildman–Crippen LogP) is 5.28. The van der Waals surface area contributed by atoms with Crippen LogP contribution in [0.1, 0.15) is 62.2 Å². The van der Waals surface area contributed by atoms with Gasteiger partial charge in [-0.2, -0.15) is 0 Å². The molecule has 0 atom stereocenters. The van der Waals surface area contributed by atoms with E-state index in [0.717, 1.165) is 12.8 Å². The lowest BCUT2D eigenvalue weighted by Gasteiger charge is -2.06. The van der Waals surface area contributed by atoms with Crippen molar-refractivity contribution in [3.8, 4) is 5.75 Å². The highest BCUT2D eigenvalue weighted by Crippen LogP contribution is 2.24. The maximum atomic E-state index is 12.0. The van der Waals surface area contributed by atoms with Gasteiger partial charge in [-0.3, -0.25) is 4.79 Å². The Bertz CT molecular complexity index is 402. The first kappa shape index (κ1) is 16.0. The molecule has 0 saturated heterocycles. The Morgan fingerprint density at radius 1 is 1.16 bits per heavy atom. The molecule has 0 aliphatic heterocycles. The van der Waals surface area contributed by atoms with E-state index in [1.807, 2.05) is 0 Å². The van der Waals surface area contributed by atoms with Gasteiger partial charge in [-0.25, -0.2) is 0 Å². The zero-order valence-electron chi connectivity index (χ0n) is 11.9. The number of hydrogen-bond acceptors (Lipinski definition) is 2. The summed E-state index contributed by atoms with van der Waals surface area (Å²) in [6, 6.07) is 5.22. The zero-order valence-corrected chi connectivity index (χ0v) is 12.6. The fraction of sp³-hybridized carbons (Fsp3) is 0.562. The number of ether oxygens (including phenoxy) is 1. The molecule has 0 unspecified atom stereocenters. The molecular weight excluding hydrogens is 260 g/mol. The lowest BCUT2D eigenvalue weighted by atomic mass is 10.0. The van der Waals surface area contributed by atoms with Gasteiger partial charge in [-0.1, -0.05) is 50.6 Å². The number of carbonyl (C=O) groups is 1. The van der Waals surface area contributed by atoms with Crippen LogP contribution in [0.3, 0.4) is 0 Å². The van der Waals surface area contributed by atoms with Crippen molar-refractivity contribution in [1.29, 1.82) is 0 Å². The fourth-order valence-corrected chi connectivity index (χ4v) is 2.33. The lowest BCUT2D eigenvalue weighted by molar-refractivity contribution is 0.0979. The molecular formula is C16H23ClO2. The van der Waals surface area contributed by atoms with Crippen molar-refractivity contribution in [1.82, 2.24) is 0 Å². The lowest BCUT2D eigenvalue weighted by Crippen LogP contribution is -2.00. The van der Waals surface area contributed by atoms with E-state index in [-0.39, 0.29) is 5.78 Å². The molecule has 0 N–H and O–H groups in total. The van der Waals surface area contributed by atoms with Crippen molar-refractivity contribution in [2.75, 3.05) is 7.11 Å². The van der Waals surface area contributed by atoms with Crippen molar-refractivity contribution < 1.29 is 9.53 Å². The van der Waals surface area contributed by atoms with Crippen LogP contribution in [0.4, 0.5) is 0 Å². The third-order valence-electron chi connectivity index (χ3n) is 3.23. The summed E-state index contributed by atoms with van der Waals surface area (Å²) in [4.78, 5) is 12.0. The highest BCUT2D eigenvalue weighted by molar-refractivity contribution is 6.34. The number of halogens is 1. The number of carbonyl (C=O) groups excluding carboxylic acids is 1. The van der Waals surface area contributed by atoms with Crippen molar-refractivity contribution in [3.05, 3.63) is 28.8 Å². The molecule has 1 rings (SSSR count). The van der Waals surface area contributed by atoms with Gasteiger partial charge in [0.2, 0.25) is 0 Å². The highest BCUT2D eigenvalue weighted by atomic mass is 35.5. The number of benzene rings is 1. The molecule has 0 saturated carbocycles. The molecule has 106 valence electrons. The van der Waals surface area contributed by atoms with E-state index in [2.05, 4.69) is 6.92 Å². The number of rotatable bonds is 9. The van der Waals surface area contributed by atoms with E-state index < -0.39 is 0 Å². The standard InChI is InChI=1S/C16H23ClO2/c1-3-4-5-6-7-8-9-16(18)14-11-10-13(19-2)12-15(14)17/h10-12H,3-9H2,1-2H3. The molecule has 0 fully saturated rings. The largest absolute Gasteiger partial charge is 0.497 e. The van der Waals surface area contributed by atoms with Crippen molar-refractivity contribution in [3.63, 3.8) is 0 Å². The topological polar surface area (TPSA) is 26.3 Å². The molecule has 0 radical (unpaired) electrons. The summed E-state index contributed by atoms with van der Waals surface area (Å²) in [5.74, 6) is 0.810. The Morgan fingerprint density at radius 3 is 2.47 bits per heavy atom. The molecule has 0 heterocycles. The second kappa shape index (κ2) is 8.98.